The van der Waals surface area contributed by atoms with Crippen LogP contribution in [0.5, 0.6) is 0 Å². The van der Waals surface area contributed by atoms with Crippen LogP contribution in [0.15, 0.2) is 24.3 Å². The normalized spacial score (nSPS) is 11.8. The van der Waals surface area contributed by atoms with E-state index in [1.165, 1.54) is 16.4 Å². The summed E-state index contributed by atoms with van der Waals surface area (Å²) < 4.78 is 26.0. The molecule has 0 heterocycles. The number of sulfonamides is 1. The topological polar surface area (TPSA) is 74.7 Å². The number of nitrogens with zero attached hydrogens (tertiary/aromatic N) is 1. The fraction of sp³-hybridized carbons (Fsp3) is 0.500. The minimum Gasteiger partial charge on any atom is -0.478 e. The van der Waals surface area contributed by atoms with Gasteiger partial charge in [-0.25, -0.2) is 17.5 Å². The Bertz CT molecular complexity index is 554. The summed E-state index contributed by atoms with van der Waals surface area (Å²) in [5.41, 5.74) is 0.606. The van der Waals surface area contributed by atoms with Gasteiger partial charge in [0.25, 0.3) is 0 Å². The third kappa shape index (κ3) is 4.61. The van der Waals surface area contributed by atoms with Crippen molar-refractivity contribution in [3.8, 4) is 0 Å². The summed E-state index contributed by atoms with van der Waals surface area (Å²) in [6, 6.07) is 6.06. The number of carboxylic acid groups (broad SMARTS) is 1. The SMILES string of the molecule is CCCCN(CC)S(=O)(=O)Cc1cccc(C(=O)O)c1. The van der Waals surface area contributed by atoms with Gasteiger partial charge in [-0.1, -0.05) is 32.4 Å². The van der Waals surface area contributed by atoms with Crippen molar-refractivity contribution in [2.75, 3.05) is 13.1 Å². The zero-order chi connectivity index (χ0) is 15.2. The number of rotatable bonds is 8. The number of unbranched alkanes of at least 4 members (excludes halogenated alkanes) is 1. The Hall–Kier alpha value is -1.40. The average Bonchev–Trinajstić information content (AvgIpc) is 2.39. The summed E-state index contributed by atoms with van der Waals surface area (Å²) in [6.07, 6.45) is 1.75. The molecule has 20 heavy (non-hydrogen) atoms. The standard InChI is InChI=1S/C14H21NO4S/c1-3-5-9-15(4-2)20(18,19)11-12-7-6-8-13(10-12)14(16)17/h6-8,10H,3-5,9,11H2,1-2H3,(H,16,17). The van der Waals surface area contributed by atoms with Crippen molar-refractivity contribution in [1.82, 2.24) is 4.31 Å². The van der Waals surface area contributed by atoms with Gasteiger partial charge in [-0.15, -0.1) is 0 Å². The second-order valence-corrected chi connectivity index (χ2v) is 6.58. The van der Waals surface area contributed by atoms with Crippen LogP contribution in [0, 0.1) is 0 Å². The molecule has 0 spiro atoms. The van der Waals surface area contributed by atoms with E-state index < -0.39 is 16.0 Å². The Balaban J connectivity index is 2.89. The van der Waals surface area contributed by atoms with Gasteiger partial charge in [0.05, 0.1) is 11.3 Å². The summed E-state index contributed by atoms with van der Waals surface area (Å²) in [6.45, 7) is 4.76. The molecule has 5 nitrogen and oxygen atoms in total. The Morgan fingerprint density at radius 2 is 2.00 bits per heavy atom. The fourth-order valence-corrected chi connectivity index (χ4v) is 3.51. The van der Waals surface area contributed by atoms with E-state index in [1.54, 1.807) is 19.1 Å². The van der Waals surface area contributed by atoms with Crippen LogP contribution in [0.2, 0.25) is 0 Å². The van der Waals surface area contributed by atoms with Crippen molar-refractivity contribution in [1.29, 1.82) is 0 Å². The molecule has 0 atom stereocenters. The molecule has 1 aromatic carbocycles. The lowest BCUT2D eigenvalue weighted by atomic mass is 10.1. The molecule has 0 aliphatic carbocycles. The highest BCUT2D eigenvalue weighted by Gasteiger charge is 2.20. The van der Waals surface area contributed by atoms with Gasteiger partial charge in [0.2, 0.25) is 10.0 Å². The molecule has 0 radical (unpaired) electrons. The molecule has 6 heteroatoms. The van der Waals surface area contributed by atoms with Gasteiger partial charge in [-0.3, -0.25) is 0 Å². The number of carboxylic acids is 1. The lowest BCUT2D eigenvalue weighted by Gasteiger charge is -2.20. The first-order valence-electron chi connectivity index (χ1n) is 6.70. The zero-order valence-electron chi connectivity index (χ0n) is 11.9. The Labute approximate surface area is 120 Å². The molecule has 0 unspecified atom stereocenters. The zero-order valence-corrected chi connectivity index (χ0v) is 12.7. The van der Waals surface area contributed by atoms with Crippen LogP contribution in [0.3, 0.4) is 0 Å². The minimum atomic E-state index is -3.40. The summed E-state index contributed by atoms with van der Waals surface area (Å²) in [7, 11) is -3.40. The van der Waals surface area contributed by atoms with E-state index >= 15 is 0 Å². The Kier molecular flexibility index (Phi) is 6.16. The Morgan fingerprint density at radius 3 is 2.55 bits per heavy atom. The molecule has 0 amide bonds. The maximum absolute atomic E-state index is 12.3. The van der Waals surface area contributed by atoms with Gasteiger partial charge >= 0.3 is 5.97 Å². The molecule has 1 rings (SSSR count). The second kappa shape index (κ2) is 7.40. The molecule has 0 aromatic heterocycles. The lowest BCUT2D eigenvalue weighted by molar-refractivity contribution is 0.0696. The van der Waals surface area contributed by atoms with Gasteiger partial charge in [-0.05, 0) is 24.1 Å². The van der Waals surface area contributed by atoms with E-state index in [0.717, 1.165) is 12.8 Å². The number of hydrogen-bond donors (Lipinski definition) is 1. The number of aromatic carboxylic acids is 1. The highest BCUT2D eigenvalue weighted by atomic mass is 32.2. The van der Waals surface area contributed by atoms with Gasteiger partial charge in [0.1, 0.15) is 0 Å². The Morgan fingerprint density at radius 1 is 1.30 bits per heavy atom. The third-order valence-electron chi connectivity index (χ3n) is 3.03. The van der Waals surface area contributed by atoms with Crippen molar-refractivity contribution >= 4 is 16.0 Å². The summed E-state index contributed by atoms with van der Waals surface area (Å²) in [5, 5.41) is 8.92. The van der Waals surface area contributed by atoms with E-state index in [9.17, 15) is 13.2 Å². The van der Waals surface area contributed by atoms with E-state index in [-0.39, 0.29) is 11.3 Å². The second-order valence-electron chi connectivity index (χ2n) is 4.61. The number of hydrogen-bond acceptors (Lipinski definition) is 3. The first-order valence-corrected chi connectivity index (χ1v) is 8.31. The van der Waals surface area contributed by atoms with Gasteiger partial charge in [0, 0.05) is 13.1 Å². The van der Waals surface area contributed by atoms with Crippen LogP contribution in [-0.4, -0.2) is 36.9 Å². The molecule has 112 valence electrons. The molecular weight excluding hydrogens is 278 g/mol. The maximum atomic E-state index is 12.3. The first-order chi connectivity index (χ1) is 9.40. The summed E-state index contributed by atoms with van der Waals surface area (Å²) in [5.74, 6) is -1.21. The molecule has 0 saturated heterocycles. The van der Waals surface area contributed by atoms with Crippen LogP contribution in [-0.2, 0) is 15.8 Å². The van der Waals surface area contributed by atoms with Crippen molar-refractivity contribution in [2.24, 2.45) is 0 Å². The first kappa shape index (κ1) is 16.7. The van der Waals surface area contributed by atoms with E-state index in [1.807, 2.05) is 6.92 Å². The van der Waals surface area contributed by atoms with Crippen molar-refractivity contribution < 1.29 is 18.3 Å². The number of benzene rings is 1. The summed E-state index contributed by atoms with van der Waals surface area (Å²) >= 11 is 0. The van der Waals surface area contributed by atoms with Crippen molar-refractivity contribution in [3.63, 3.8) is 0 Å². The third-order valence-corrected chi connectivity index (χ3v) is 4.96. The number of carbonyl (C=O) groups is 1. The predicted molar refractivity (Wildman–Crippen MR) is 78.2 cm³/mol. The smallest absolute Gasteiger partial charge is 0.335 e. The van der Waals surface area contributed by atoms with E-state index in [4.69, 9.17) is 5.11 Å². The fourth-order valence-electron chi connectivity index (χ4n) is 1.92. The molecule has 0 fully saturated rings. The predicted octanol–water partition coefficient (Wildman–Crippen LogP) is 2.34. The van der Waals surface area contributed by atoms with E-state index in [0.29, 0.717) is 18.7 Å². The quantitative estimate of drug-likeness (QED) is 0.799. The van der Waals surface area contributed by atoms with Gasteiger partial charge in [-0.2, -0.15) is 0 Å². The molecule has 1 N–H and O–H groups in total. The van der Waals surface area contributed by atoms with Crippen LogP contribution in [0.25, 0.3) is 0 Å². The monoisotopic (exact) mass is 299 g/mol. The highest BCUT2D eigenvalue weighted by molar-refractivity contribution is 7.88. The minimum absolute atomic E-state index is 0.106. The highest BCUT2D eigenvalue weighted by Crippen LogP contribution is 2.13. The average molecular weight is 299 g/mol. The van der Waals surface area contributed by atoms with Crippen molar-refractivity contribution in [3.05, 3.63) is 35.4 Å². The van der Waals surface area contributed by atoms with E-state index in [2.05, 4.69) is 0 Å². The molecular formula is C14H21NO4S. The van der Waals surface area contributed by atoms with Crippen LogP contribution >= 0.6 is 0 Å². The maximum Gasteiger partial charge on any atom is 0.335 e. The molecule has 1 aromatic rings. The van der Waals surface area contributed by atoms with Gasteiger partial charge < -0.3 is 5.11 Å². The molecule has 0 aliphatic rings. The van der Waals surface area contributed by atoms with Crippen LogP contribution < -0.4 is 0 Å². The largest absolute Gasteiger partial charge is 0.478 e. The molecule has 0 aliphatic heterocycles. The molecule has 0 bridgehead atoms. The van der Waals surface area contributed by atoms with Crippen molar-refractivity contribution in [2.45, 2.75) is 32.4 Å². The lowest BCUT2D eigenvalue weighted by Crippen LogP contribution is -2.32. The molecule has 0 saturated carbocycles. The van der Waals surface area contributed by atoms with Crippen LogP contribution in [0.1, 0.15) is 42.6 Å². The van der Waals surface area contributed by atoms with Crippen LogP contribution in [0.4, 0.5) is 0 Å². The summed E-state index contributed by atoms with van der Waals surface area (Å²) in [4.78, 5) is 10.9. The van der Waals surface area contributed by atoms with Gasteiger partial charge in [0.15, 0.2) is 0 Å².